The summed E-state index contributed by atoms with van der Waals surface area (Å²) in [6, 6.07) is 0. The molecule has 4 nitrogen and oxygen atoms in total. The summed E-state index contributed by atoms with van der Waals surface area (Å²) in [6.45, 7) is 2.64. The maximum absolute atomic E-state index is 11.0. The van der Waals surface area contributed by atoms with E-state index < -0.39 is 0 Å². The van der Waals surface area contributed by atoms with Crippen molar-refractivity contribution in [3.63, 3.8) is 0 Å². The average molecular weight is 191 g/mol. The Hall–Kier alpha value is -0.260. The van der Waals surface area contributed by atoms with E-state index in [1.807, 2.05) is 6.92 Å². The van der Waals surface area contributed by atoms with Crippen LogP contribution in [-0.2, 0) is 4.79 Å². The van der Waals surface area contributed by atoms with Crippen LogP contribution < -0.4 is 17.0 Å². The molecule has 0 aromatic heterocycles. The number of nitrogens with one attached hydrogen (secondary N) is 1. The lowest BCUT2D eigenvalue weighted by Gasteiger charge is -2.11. The summed E-state index contributed by atoms with van der Waals surface area (Å²) in [7, 11) is 0. The summed E-state index contributed by atoms with van der Waals surface area (Å²) in [4.78, 5) is 11.0. The van der Waals surface area contributed by atoms with Crippen molar-refractivity contribution in [1.29, 1.82) is 0 Å². The van der Waals surface area contributed by atoms with Crippen LogP contribution in [0.3, 0.4) is 0 Å². The van der Waals surface area contributed by atoms with Crippen LogP contribution in [0.2, 0.25) is 0 Å². The van der Waals surface area contributed by atoms with E-state index in [1.165, 1.54) is 0 Å². The van der Waals surface area contributed by atoms with Gasteiger partial charge in [-0.1, -0.05) is 6.92 Å². The highest BCUT2D eigenvalue weighted by atomic mass is 32.2. The van der Waals surface area contributed by atoms with Crippen molar-refractivity contribution >= 4 is 17.7 Å². The molecule has 0 saturated carbocycles. The van der Waals surface area contributed by atoms with Crippen molar-refractivity contribution in [1.82, 2.24) is 5.43 Å². The first-order valence-corrected chi connectivity index (χ1v) is 5.13. The molecule has 72 valence electrons. The summed E-state index contributed by atoms with van der Waals surface area (Å²) in [6.07, 6.45) is 1.75. The summed E-state index contributed by atoms with van der Waals surface area (Å²) < 4.78 is 0. The van der Waals surface area contributed by atoms with E-state index in [0.29, 0.717) is 6.54 Å². The zero-order chi connectivity index (χ0) is 9.40. The molecule has 1 unspecified atom stereocenters. The predicted octanol–water partition coefficient (Wildman–Crippen LogP) is -0.163. The van der Waals surface area contributed by atoms with Crippen molar-refractivity contribution in [2.45, 2.75) is 25.0 Å². The molecule has 12 heavy (non-hydrogen) atoms. The predicted molar refractivity (Wildman–Crippen MR) is 52.5 cm³/mol. The highest BCUT2D eigenvalue weighted by molar-refractivity contribution is 8.00. The van der Waals surface area contributed by atoms with Crippen LogP contribution in [0.4, 0.5) is 0 Å². The fourth-order valence-electron chi connectivity index (χ4n) is 0.781. The van der Waals surface area contributed by atoms with E-state index in [4.69, 9.17) is 11.6 Å². The number of amides is 1. The van der Waals surface area contributed by atoms with Crippen LogP contribution in [-0.4, -0.2) is 23.5 Å². The third-order valence-corrected chi connectivity index (χ3v) is 2.95. The molecule has 0 aromatic rings. The Morgan fingerprint density at radius 1 is 1.67 bits per heavy atom. The molecule has 1 amide bonds. The number of carbonyl (C=O) groups excluding carboxylic acids is 1. The van der Waals surface area contributed by atoms with Crippen molar-refractivity contribution in [2.24, 2.45) is 11.6 Å². The van der Waals surface area contributed by atoms with Gasteiger partial charge in [0, 0.05) is 0 Å². The smallest absolute Gasteiger partial charge is 0.246 e. The molecule has 5 heteroatoms. The van der Waals surface area contributed by atoms with Gasteiger partial charge in [-0.05, 0) is 25.1 Å². The second-order valence-corrected chi connectivity index (χ2v) is 3.73. The molecule has 1 atom stereocenters. The molecule has 0 aliphatic carbocycles. The summed E-state index contributed by atoms with van der Waals surface area (Å²) in [5, 5.41) is -0.0263. The maximum Gasteiger partial charge on any atom is 0.246 e. The Balaban J connectivity index is 3.60. The number of thioether (sulfide) groups is 1. The topological polar surface area (TPSA) is 81.1 Å². The van der Waals surface area contributed by atoms with E-state index >= 15 is 0 Å². The Kier molecular flexibility index (Phi) is 7.23. The molecule has 0 heterocycles. The van der Waals surface area contributed by atoms with Crippen LogP contribution in [0.1, 0.15) is 19.8 Å². The molecule has 0 aliphatic heterocycles. The SMILES string of the molecule is CCC(SCCCN)C(=O)NN. The van der Waals surface area contributed by atoms with Gasteiger partial charge in [-0.2, -0.15) is 0 Å². The minimum absolute atomic E-state index is 0.0263. The highest BCUT2D eigenvalue weighted by Crippen LogP contribution is 2.14. The Morgan fingerprint density at radius 2 is 2.33 bits per heavy atom. The number of carbonyl (C=O) groups is 1. The van der Waals surface area contributed by atoms with E-state index in [9.17, 15) is 4.79 Å². The average Bonchev–Trinajstić information content (AvgIpc) is 2.11. The van der Waals surface area contributed by atoms with Crippen molar-refractivity contribution in [2.75, 3.05) is 12.3 Å². The van der Waals surface area contributed by atoms with Gasteiger partial charge in [-0.25, -0.2) is 5.84 Å². The second kappa shape index (κ2) is 7.39. The monoisotopic (exact) mass is 191 g/mol. The number of nitrogens with two attached hydrogens (primary N) is 2. The molecular formula is C7H17N3OS. The summed E-state index contributed by atoms with van der Waals surface area (Å²) >= 11 is 1.61. The first-order valence-electron chi connectivity index (χ1n) is 4.08. The first-order chi connectivity index (χ1) is 5.76. The van der Waals surface area contributed by atoms with Crippen LogP contribution in [0, 0.1) is 0 Å². The zero-order valence-corrected chi connectivity index (χ0v) is 8.19. The minimum Gasteiger partial charge on any atom is -0.330 e. The van der Waals surface area contributed by atoms with E-state index in [-0.39, 0.29) is 11.2 Å². The number of rotatable bonds is 6. The Morgan fingerprint density at radius 3 is 2.75 bits per heavy atom. The molecule has 0 radical (unpaired) electrons. The molecule has 0 rings (SSSR count). The van der Waals surface area contributed by atoms with E-state index in [0.717, 1.165) is 18.6 Å². The summed E-state index contributed by atoms with van der Waals surface area (Å²) in [5.41, 5.74) is 7.48. The molecule has 5 N–H and O–H groups in total. The molecular weight excluding hydrogens is 174 g/mol. The number of hydrogen-bond donors (Lipinski definition) is 3. The standard InChI is InChI=1S/C7H17N3OS/c1-2-6(7(11)10-9)12-5-3-4-8/h6H,2-5,8-9H2,1H3,(H,10,11). The number of hydrogen-bond acceptors (Lipinski definition) is 4. The van der Waals surface area contributed by atoms with Crippen LogP contribution >= 0.6 is 11.8 Å². The van der Waals surface area contributed by atoms with Gasteiger partial charge in [0.2, 0.25) is 5.91 Å². The van der Waals surface area contributed by atoms with Crippen molar-refractivity contribution < 1.29 is 4.79 Å². The van der Waals surface area contributed by atoms with Crippen LogP contribution in [0.15, 0.2) is 0 Å². The van der Waals surface area contributed by atoms with Gasteiger partial charge in [0.15, 0.2) is 0 Å². The molecule has 0 aromatic carbocycles. The zero-order valence-electron chi connectivity index (χ0n) is 7.38. The Bertz CT molecular complexity index is 132. The minimum atomic E-state index is -0.0977. The van der Waals surface area contributed by atoms with E-state index in [1.54, 1.807) is 11.8 Å². The third kappa shape index (κ3) is 4.58. The molecule has 0 aliphatic rings. The van der Waals surface area contributed by atoms with Crippen LogP contribution in [0.25, 0.3) is 0 Å². The van der Waals surface area contributed by atoms with Crippen molar-refractivity contribution in [3.05, 3.63) is 0 Å². The van der Waals surface area contributed by atoms with Gasteiger partial charge in [0.1, 0.15) is 0 Å². The van der Waals surface area contributed by atoms with Gasteiger partial charge in [-0.15, -0.1) is 11.8 Å². The lowest BCUT2D eigenvalue weighted by atomic mass is 10.3. The fraction of sp³-hybridized carbons (Fsp3) is 0.857. The highest BCUT2D eigenvalue weighted by Gasteiger charge is 2.14. The second-order valence-electron chi connectivity index (χ2n) is 2.42. The van der Waals surface area contributed by atoms with Gasteiger partial charge < -0.3 is 5.73 Å². The van der Waals surface area contributed by atoms with Gasteiger partial charge in [-0.3, -0.25) is 10.2 Å². The first kappa shape index (κ1) is 11.7. The van der Waals surface area contributed by atoms with E-state index in [2.05, 4.69) is 5.43 Å². The quantitative estimate of drug-likeness (QED) is 0.236. The van der Waals surface area contributed by atoms with Crippen molar-refractivity contribution in [3.8, 4) is 0 Å². The van der Waals surface area contributed by atoms with Crippen LogP contribution in [0.5, 0.6) is 0 Å². The molecule has 0 bridgehead atoms. The lowest BCUT2D eigenvalue weighted by Crippen LogP contribution is -2.37. The fourth-order valence-corrected chi connectivity index (χ4v) is 1.85. The third-order valence-electron chi connectivity index (χ3n) is 1.47. The largest absolute Gasteiger partial charge is 0.330 e. The lowest BCUT2D eigenvalue weighted by molar-refractivity contribution is -0.120. The summed E-state index contributed by atoms with van der Waals surface area (Å²) in [5.74, 6) is 5.84. The van der Waals surface area contributed by atoms with Gasteiger partial charge in [0.05, 0.1) is 5.25 Å². The van der Waals surface area contributed by atoms with Gasteiger partial charge in [0.25, 0.3) is 0 Å². The number of hydrazine groups is 1. The Labute approximate surface area is 77.4 Å². The molecule has 0 fully saturated rings. The van der Waals surface area contributed by atoms with Gasteiger partial charge >= 0.3 is 0 Å². The molecule has 0 spiro atoms. The molecule has 0 saturated heterocycles. The maximum atomic E-state index is 11.0. The normalized spacial score (nSPS) is 12.6.